The first-order chi connectivity index (χ1) is 15.7. The van der Waals surface area contributed by atoms with Crippen LogP contribution in [0.5, 0.6) is 0 Å². The van der Waals surface area contributed by atoms with Crippen molar-refractivity contribution in [2.45, 2.75) is 0 Å². The highest BCUT2D eigenvalue weighted by Gasteiger charge is 2.18. The molecule has 0 aliphatic heterocycles. The molecule has 0 N–H and O–H groups in total. The van der Waals surface area contributed by atoms with Crippen molar-refractivity contribution >= 4 is 38.4 Å². The van der Waals surface area contributed by atoms with Crippen LogP contribution in [0.2, 0.25) is 0 Å². The zero-order valence-corrected chi connectivity index (χ0v) is 16.9. The van der Waals surface area contributed by atoms with E-state index in [2.05, 4.69) is 17.1 Å². The zero-order chi connectivity index (χ0) is 21.7. The lowest BCUT2D eigenvalue weighted by Gasteiger charge is -2.08. The summed E-state index contributed by atoms with van der Waals surface area (Å²) in [6.07, 6.45) is 1.71. The summed E-state index contributed by atoms with van der Waals surface area (Å²) in [5.41, 5.74) is 4.57. The van der Waals surface area contributed by atoms with Crippen molar-refractivity contribution in [3.8, 4) is 22.4 Å². The molecule has 0 bridgehead atoms. The van der Waals surface area contributed by atoms with Gasteiger partial charge in [-0.1, -0.05) is 42.5 Å². The van der Waals surface area contributed by atoms with Crippen LogP contribution in [0.3, 0.4) is 0 Å². The van der Waals surface area contributed by atoms with Gasteiger partial charge in [0.25, 0.3) is 5.69 Å². The van der Waals surface area contributed by atoms with Gasteiger partial charge in [0.05, 0.1) is 16.2 Å². The fraction of sp³-hybridized carbons (Fsp3) is 0. The van der Waals surface area contributed by atoms with Gasteiger partial charge in [0, 0.05) is 34.0 Å². The lowest BCUT2D eigenvalue weighted by molar-refractivity contribution is -0.384. The Bertz CT molecular complexity index is 1650. The molecule has 6 aromatic rings. The van der Waals surface area contributed by atoms with E-state index in [1.54, 1.807) is 18.3 Å². The lowest BCUT2D eigenvalue weighted by atomic mass is 9.96. The van der Waals surface area contributed by atoms with Crippen molar-refractivity contribution in [1.29, 1.82) is 0 Å². The molecule has 0 spiro atoms. The number of rotatable bonds is 3. The average Bonchev–Trinajstić information content (AvgIpc) is 3.23. The van der Waals surface area contributed by atoms with Crippen molar-refractivity contribution in [3.05, 3.63) is 107 Å². The van der Waals surface area contributed by atoms with Gasteiger partial charge in [0.1, 0.15) is 11.2 Å². The fourth-order valence-electron chi connectivity index (χ4n) is 4.29. The molecule has 0 aliphatic rings. The lowest BCUT2D eigenvalue weighted by Crippen LogP contribution is -1.93. The predicted molar refractivity (Wildman–Crippen MR) is 127 cm³/mol. The van der Waals surface area contributed by atoms with E-state index in [1.807, 2.05) is 66.7 Å². The summed E-state index contributed by atoms with van der Waals surface area (Å²) in [5, 5.41) is 15.8. The van der Waals surface area contributed by atoms with Crippen LogP contribution in [0, 0.1) is 10.1 Å². The van der Waals surface area contributed by atoms with Gasteiger partial charge >= 0.3 is 0 Å². The molecule has 0 amide bonds. The number of hydrogen-bond acceptors (Lipinski definition) is 4. The van der Waals surface area contributed by atoms with Crippen LogP contribution < -0.4 is 0 Å². The Balaban J connectivity index is 1.62. The molecule has 152 valence electrons. The fourth-order valence-corrected chi connectivity index (χ4v) is 4.29. The van der Waals surface area contributed by atoms with Crippen molar-refractivity contribution in [1.82, 2.24) is 4.98 Å². The summed E-state index contributed by atoms with van der Waals surface area (Å²) in [6, 6.07) is 28.7. The van der Waals surface area contributed by atoms with Gasteiger partial charge in [-0.25, -0.2) is 0 Å². The molecule has 2 heterocycles. The van der Waals surface area contributed by atoms with Crippen molar-refractivity contribution in [3.63, 3.8) is 0 Å². The molecule has 0 atom stereocenters. The van der Waals surface area contributed by atoms with Gasteiger partial charge in [0.15, 0.2) is 0 Å². The molecule has 0 aliphatic carbocycles. The van der Waals surface area contributed by atoms with E-state index < -0.39 is 0 Å². The Morgan fingerprint density at radius 2 is 1.56 bits per heavy atom. The van der Waals surface area contributed by atoms with E-state index in [4.69, 9.17) is 4.42 Å². The molecule has 0 saturated carbocycles. The molecule has 0 saturated heterocycles. The Kier molecular flexibility index (Phi) is 4.01. The van der Waals surface area contributed by atoms with Crippen LogP contribution >= 0.6 is 0 Å². The maximum atomic E-state index is 11.8. The number of nitrogens with zero attached hydrogens (tertiary/aromatic N) is 2. The van der Waals surface area contributed by atoms with Crippen LogP contribution in [-0.4, -0.2) is 9.91 Å². The maximum Gasteiger partial charge on any atom is 0.277 e. The van der Waals surface area contributed by atoms with Gasteiger partial charge in [-0.2, -0.15) is 0 Å². The van der Waals surface area contributed by atoms with Crippen LogP contribution in [0.4, 0.5) is 5.69 Å². The van der Waals surface area contributed by atoms with E-state index in [0.29, 0.717) is 5.56 Å². The SMILES string of the molecule is O=[N+]([O-])c1ccc(-c2ccccn2)cc1-c1ccc2ccc3c4ccccc4oc3c2c1. The van der Waals surface area contributed by atoms with E-state index in [-0.39, 0.29) is 10.6 Å². The minimum absolute atomic E-state index is 0.0563. The Morgan fingerprint density at radius 1 is 0.750 bits per heavy atom. The van der Waals surface area contributed by atoms with Crippen molar-refractivity contribution in [2.24, 2.45) is 0 Å². The van der Waals surface area contributed by atoms with Crippen molar-refractivity contribution < 1.29 is 9.34 Å². The van der Waals surface area contributed by atoms with E-state index in [9.17, 15) is 10.1 Å². The molecule has 0 fully saturated rings. The molecule has 32 heavy (non-hydrogen) atoms. The van der Waals surface area contributed by atoms with E-state index in [1.165, 1.54) is 0 Å². The molecular formula is C27H16N2O3. The van der Waals surface area contributed by atoms with Crippen LogP contribution in [0.25, 0.3) is 55.1 Å². The smallest absolute Gasteiger partial charge is 0.277 e. The Morgan fingerprint density at radius 3 is 2.41 bits per heavy atom. The van der Waals surface area contributed by atoms with Gasteiger partial charge in [0.2, 0.25) is 0 Å². The van der Waals surface area contributed by atoms with Crippen LogP contribution in [-0.2, 0) is 0 Å². The Hall–Kier alpha value is -4.51. The van der Waals surface area contributed by atoms with E-state index in [0.717, 1.165) is 49.5 Å². The van der Waals surface area contributed by atoms with Crippen molar-refractivity contribution in [2.75, 3.05) is 0 Å². The molecule has 5 nitrogen and oxygen atoms in total. The molecule has 0 radical (unpaired) electrons. The number of pyridine rings is 1. The number of aromatic nitrogens is 1. The number of para-hydroxylation sites is 1. The molecule has 5 heteroatoms. The van der Waals surface area contributed by atoms with Gasteiger partial charge in [-0.05, 0) is 53.4 Å². The number of hydrogen-bond donors (Lipinski definition) is 0. The number of nitro groups is 1. The number of benzene rings is 4. The van der Waals surface area contributed by atoms with Crippen LogP contribution in [0.1, 0.15) is 0 Å². The molecule has 4 aromatic carbocycles. The maximum absolute atomic E-state index is 11.8. The molecule has 6 rings (SSSR count). The normalized spacial score (nSPS) is 11.4. The topological polar surface area (TPSA) is 69.2 Å². The van der Waals surface area contributed by atoms with Gasteiger partial charge < -0.3 is 4.42 Å². The summed E-state index contributed by atoms with van der Waals surface area (Å²) in [5.74, 6) is 0. The van der Waals surface area contributed by atoms with Crippen LogP contribution in [0.15, 0.2) is 102 Å². The molecule has 0 unspecified atom stereocenters. The van der Waals surface area contributed by atoms with E-state index >= 15 is 0 Å². The summed E-state index contributed by atoms with van der Waals surface area (Å²) in [4.78, 5) is 15.9. The monoisotopic (exact) mass is 416 g/mol. The third-order valence-corrected chi connectivity index (χ3v) is 5.83. The predicted octanol–water partition coefficient (Wildman–Crippen LogP) is 7.38. The second-order valence-electron chi connectivity index (χ2n) is 7.68. The standard InChI is InChI=1S/C27H16N2O3/c30-29(31)25-13-11-19(24-6-3-4-14-28-24)16-22(25)18-9-8-17-10-12-21-20-5-1-2-7-26(20)32-27(21)23(17)15-18/h1-16H. The number of fused-ring (bicyclic) bond motifs is 5. The highest BCUT2D eigenvalue weighted by Crippen LogP contribution is 2.38. The summed E-state index contributed by atoms with van der Waals surface area (Å²) in [7, 11) is 0. The average molecular weight is 416 g/mol. The Labute approximate surface area is 182 Å². The number of furan rings is 1. The summed E-state index contributed by atoms with van der Waals surface area (Å²) < 4.78 is 6.18. The molecule has 2 aromatic heterocycles. The second-order valence-corrected chi connectivity index (χ2v) is 7.68. The largest absolute Gasteiger partial charge is 0.455 e. The third kappa shape index (κ3) is 2.83. The summed E-state index contributed by atoms with van der Waals surface area (Å²) >= 11 is 0. The highest BCUT2D eigenvalue weighted by atomic mass is 16.6. The molecular weight excluding hydrogens is 400 g/mol. The quantitative estimate of drug-likeness (QED) is 0.223. The first-order valence-electron chi connectivity index (χ1n) is 10.2. The van der Waals surface area contributed by atoms with Gasteiger partial charge in [-0.15, -0.1) is 0 Å². The highest BCUT2D eigenvalue weighted by molar-refractivity contribution is 6.15. The first kappa shape index (κ1) is 18.3. The first-order valence-corrected chi connectivity index (χ1v) is 10.2. The van der Waals surface area contributed by atoms with Gasteiger partial charge in [-0.3, -0.25) is 15.1 Å². The minimum atomic E-state index is -0.344. The third-order valence-electron chi connectivity index (χ3n) is 5.83. The second kappa shape index (κ2) is 7.03. The minimum Gasteiger partial charge on any atom is -0.455 e. The zero-order valence-electron chi connectivity index (χ0n) is 16.9. The number of nitro benzene ring substituents is 1. The summed E-state index contributed by atoms with van der Waals surface area (Å²) in [6.45, 7) is 0.